The zero-order valence-electron chi connectivity index (χ0n) is 33.3. The van der Waals surface area contributed by atoms with Crippen molar-refractivity contribution in [2.24, 2.45) is 0 Å². The van der Waals surface area contributed by atoms with Crippen LogP contribution in [0, 0.1) is 0 Å². The summed E-state index contributed by atoms with van der Waals surface area (Å²) in [7, 11) is 1.19. The quantitative estimate of drug-likeness (QED) is 0.0197. The molecule has 3 N–H and O–H groups in total. The first-order valence-electron chi connectivity index (χ1n) is 19.9. The van der Waals surface area contributed by atoms with Crippen molar-refractivity contribution in [2.75, 3.05) is 40.9 Å². The van der Waals surface area contributed by atoms with Gasteiger partial charge in [0.15, 0.2) is 0 Å². The van der Waals surface area contributed by atoms with E-state index in [0.29, 0.717) is 17.4 Å². The molecule has 0 bridgehead atoms. The van der Waals surface area contributed by atoms with Crippen LogP contribution in [0.4, 0.5) is 0 Å². The topological polar surface area (TPSA) is 128 Å². The first kappa shape index (κ1) is 49.9. The molecule has 0 aliphatic heterocycles. The number of rotatable bonds is 34. The van der Waals surface area contributed by atoms with Gasteiger partial charge < -0.3 is 34.0 Å². The van der Waals surface area contributed by atoms with Gasteiger partial charge in [-0.05, 0) is 51.4 Å². The van der Waals surface area contributed by atoms with Gasteiger partial charge in [-0.3, -0.25) is 9.36 Å². The monoisotopic (exact) mass is 751 g/mol. The number of aliphatic hydroxyl groups excluding tert-OH is 2. The van der Waals surface area contributed by atoms with Gasteiger partial charge in [0.25, 0.3) is 7.82 Å². The van der Waals surface area contributed by atoms with Crippen LogP contribution in [0.1, 0.15) is 129 Å². The molecule has 4 atom stereocenters. The van der Waals surface area contributed by atoms with E-state index in [9.17, 15) is 24.5 Å². The number of quaternary nitrogens is 1. The number of hydrogen-bond acceptors (Lipinski definition) is 7. The fourth-order valence-electron chi connectivity index (χ4n) is 4.96. The van der Waals surface area contributed by atoms with Gasteiger partial charge >= 0.3 is 0 Å². The van der Waals surface area contributed by atoms with E-state index in [4.69, 9.17) is 9.05 Å². The van der Waals surface area contributed by atoms with E-state index in [2.05, 4.69) is 42.6 Å². The zero-order valence-corrected chi connectivity index (χ0v) is 34.2. The van der Waals surface area contributed by atoms with Crippen molar-refractivity contribution < 1.29 is 38.0 Å². The molecule has 0 fully saturated rings. The van der Waals surface area contributed by atoms with Gasteiger partial charge in [0.1, 0.15) is 13.2 Å². The summed E-state index contributed by atoms with van der Waals surface area (Å²) in [5.41, 5.74) is 0. The molecule has 0 aliphatic carbocycles. The van der Waals surface area contributed by atoms with Gasteiger partial charge in [0.2, 0.25) is 5.91 Å². The highest BCUT2D eigenvalue weighted by Gasteiger charge is 2.23. The molecule has 300 valence electrons. The van der Waals surface area contributed by atoms with E-state index in [1.54, 1.807) is 12.2 Å². The number of phosphoric ester groups is 1. The lowest BCUT2D eigenvalue weighted by Crippen LogP contribution is -2.45. The van der Waals surface area contributed by atoms with Gasteiger partial charge in [-0.1, -0.05) is 145 Å². The van der Waals surface area contributed by atoms with Crippen LogP contribution in [0.25, 0.3) is 0 Å². The second-order valence-corrected chi connectivity index (χ2v) is 15.9. The second-order valence-electron chi connectivity index (χ2n) is 14.5. The lowest BCUT2D eigenvalue weighted by molar-refractivity contribution is -0.870. The first-order chi connectivity index (χ1) is 24.9. The molecule has 1 amide bonds. The van der Waals surface area contributed by atoms with Gasteiger partial charge in [-0.15, -0.1) is 0 Å². The maximum absolute atomic E-state index is 12.8. The van der Waals surface area contributed by atoms with Gasteiger partial charge in [0.05, 0.1) is 46.0 Å². The summed E-state index contributed by atoms with van der Waals surface area (Å²) in [5, 5.41) is 23.1. The van der Waals surface area contributed by atoms with Crippen molar-refractivity contribution in [1.82, 2.24) is 5.32 Å². The third-order valence-corrected chi connectivity index (χ3v) is 9.29. The maximum Gasteiger partial charge on any atom is 0.268 e. The number of nitrogens with one attached hydrogen (secondary N) is 1. The molecule has 9 nitrogen and oxygen atoms in total. The number of hydrogen-bond donors (Lipinski definition) is 3. The number of nitrogens with zero attached hydrogens (tertiary/aromatic N) is 1. The number of phosphoric acid groups is 1. The Balaban J connectivity index is 4.64. The van der Waals surface area contributed by atoms with Crippen LogP contribution in [0.15, 0.2) is 72.9 Å². The van der Waals surface area contributed by atoms with Crippen molar-refractivity contribution in [3.8, 4) is 0 Å². The number of carbonyl (C=O) groups is 1. The minimum absolute atomic E-state index is 0.0220. The maximum atomic E-state index is 12.8. The summed E-state index contributed by atoms with van der Waals surface area (Å²) < 4.78 is 23.1. The van der Waals surface area contributed by atoms with Crippen LogP contribution < -0.4 is 10.2 Å². The highest BCUT2D eigenvalue weighted by atomic mass is 31.2. The average Bonchev–Trinajstić information content (AvgIpc) is 3.09. The molecule has 0 rings (SSSR count). The van der Waals surface area contributed by atoms with Crippen molar-refractivity contribution >= 4 is 13.7 Å². The summed E-state index contributed by atoms with van der Waals surface area (Å²) in [6.45, 7) is 4.22. The molecule has 0 spiro atoms. The summed E-state index contributed by atoms with van der Waals surface area (Å²) in [4.78, 5) is 25.2. The zero-order chi connectivity index (χ0) is 38.8. The molecule has 0 radical (unpaired) electrons. The number of aliphatic hydroxyl groups is 2. The van der Waals surface area contributed by atoms with E-state index in [1.807, 2.05) is 58.4 Å². The van der Waals surface area contributed by atoms with E-state index < -0.39 is 26.6 Å². The molecule has 1 unspecified atom stereocenters. The van der Waals surface area contributed by atoms with Crippen molar-refractivity contribution in [1.29, 1.82) is 0 Å². The van der Waals surface area contributed by atoms with Gasteiger partial charge in [-0.25, -0.2) is 0 Å². The van der Waals surface area contributed by atoms with E-state index in [1.165, 1.54) is 51.4 Å². The van der Waals surface area contributed by atoms with Crippen LogP contribution >= 0.6 is 7.82 Å². The SMILES string of the molecule is CCCCCCCCCCCC/C=C/[C@@H](O)[C@H](COP(=O)([O-])OCC[N+](C)(C)C)NC(=O)CCC/C=C\C/C=C\C/C=C\C/C=C\C=C\[C@H](O)CC. The summed E-state index contributed by atoms with van der Waals surface area (Å²) in [5.74, 6) is -0.271. The minimum atomic E-state index is -4.61. The standard InChI is InChI=1S/C42H75N2O7P/c1-6-8-9-10-11-12-13-19-22-25-28-31-34-41(46)40(38-51-52(48,49)50-37-36-44(3,4)5)43-42(47)35-32-29-26-23-20-17-15-14-16-18-21-24-27-30-33-39(45)7-2/h15-18,23-24,26-27,30-31,33-34,39-41,45-46H,6-14,19-22,25,28-29,32,35-38H2,1-5H3,(H-,43,47,48,49)/b17-15-,18-16-,26-23-,27-24-,33-30+,34-31+/t39-,40+,41-/m1/s1. The Morgan fingerprint density at radius 2 is 1.29 bits per heavy atom. The van der Waals surface area contributed by atoms with Crippen LogP contribution in [-0.4, -0.2) is 79.8 Å². The number of likely N-dealkylation sites (N-methyl/N-ethyl adjacent to an activating group) is 1. The fourth-order valence-corrected chi connectivity index (χ4v) is 5.68. The van der Waals surface area contributed by atoms with Crippen LogP contribution in [0.5, 0.6) is 0 Å². The molecule has 0 saturated carbocycles. The fraction of sp³-hybridized carbons (Fsp3) is 0.690. The Morgan fingerprint density at radius 1 is 0.731 bits per heavy atom. The predicted molar refractivity (Wildman–Crippen MR) is 216 cm³/mol. The van der Waals surface area contributed by atoms with Crippen LogP contribution in [-0.2, 0) is 18.4 Å². The number of allylic oxidation sites excluding steroid dienone is 10. The molecule has 52 heavy (non-hydrogen) atoms. The molecule has 0 aromatic heterocycles. The third kappa shape index (κ3) is 35.0. The van der Waals surface area contributed by atoms with Crippen molar-refractivity contribution in [3.63, 3.8) is 0 Å². The smallest absolute Gasteiger partial charge is 0.268 e. The predicted octanol–water partition coefficient (Wildman–Crippen LogP) is 8.80. The van der Waals surface area contributed by atoms with Crippen molar-refractivity contribution in [3.05, 3.63) is 72.9 Å². The number of unbranched alkanes of at least 4 members (excludes halogenated alkanes) is 11. The summed E-state index contributed by atoms with van der Waals surface area (Å²) >= 11 is 0. The lowest BCUT2D eigenvalue weighted by atomic mass is 10.1. The number of carbonyl (C=O) groups excluding carboxylic acids is 1. The molecule has 0 aromatic rings. The molecule has 10 heteroatoms. The third-order valence-electron chi connectivity index (χ3n) is 8.33. The van der Waals surface area contributed by atoms with Crippen molar-refractivity contribution in [2.45, 2.75) is 148 Å². The molecule has 0 saturated heterocycles. The second kappa shape index (κ2) is 33.5. The molecular weight excluding hydrogens is 675 g/mol. The van der Waals surface area contributed by atoms with Gasteiger partial charge in [-0.2, -0.15) is 0 Å². The van der Waals surface area contributed by atoms with E-state index >= 15 is 0 Å². The Morgan fingerprint density at radius 3 is 1.88 bits per heavy atom. The normalized spacial score (nSPS) is 15.9. The largest absolute Gasteiger partial charge is 0.756 e. The number of amides is 1. The molecule has 0 aliphatic rings. The summed E-state index contributed by atoms with van der Waals surface area (Å²) in [6.07, 6.45) is 40.4. The Kier molecular flexibility index (Phi) is 32.1. The Bertz CT molecular complexity index is 1090. The highest BCUT2D eigenvalue weighted by Crippen LogP contribution is 2.38. The van der Waals surface area contributed by atoms with Crippen LogP contribution in [0.2, 0.25) is 0 Å². The Hall–Kier alpha value is -2.10. The average molecular weight is 751 g/mol. The van der Waals surface area contributed by atoms with Crippen LogP contribution in [0.3, 0.4) is 0 Å². The van der Waals surface area contributed by atoms with E-state index in [-0.39, 0.29) is 25.0 Å². The minimum Gasteiger partial charge on any atom is -0.756 e. The highest BCUT2D eigenvalue weighted by molar-refractivity contribution is 7.45. The first-order valence-corrected chi connectivity index (χ1v) is 21.4. The molecular formula is C42H75N2O7P. The van der Waals surface area contributed by atoms with Gasteiger partial charge in [0, 0.05) is 6.42 Å². The Labute approximate surface area is 317 Å². The summed E-state index contributed by atoms with van der Waals surface area (Å²) in [6, 6.07) is -0.928. The van der Waals surface area contributed by atoms with E-state index in [0.717, 1.165) is 51.4 Å². The molecule has 0 heterocycles. The molecule has 0 aromatic carbocycles. The lowest BCUT2D eigenvalue weighted by Gasteiger charge is -2.29.